The van der Waals surface area contributed by atoms with E-state index in [0.29, 0.717) is 34.4 Å². The third-order valence-electron chi connectivity index (χ3n) is 5.37. The predicted molar refractivity (Wildman–Crippen MR) is 107 cm³/mol. The summed E-state index contributed by atoms with van der Waals surface area (Å²) in [4.78, 5) is 10.2. The van der Waals surface area contributed by atoms with Crippen molar-refractivity contribution in [3.05, 3.63) is 39.7 Å². The van der Waals surface area contributed by atoms with Gasteiger partial charge in [-0.25, -0.2) is 4.39 Å². The van der Waals surface area contributed by atoms with Crippen molar-refractivity contribution in [2.24, 2.45) is 5.18 Å². The van der Waals surface area contributed by atoms with Crippen LogP contribution in [0.15, 0.2) is 23.0 Å². The lowest BCUT2D eigenvalue weighted by Crippen LogP contribution is -2.41. The van der Waals surface area contributed by atoms with Crippen LogP contribution in [-0.2, 0) is 9.31 Å². The normalized spacial score (nSPS) is 18.9. The number of halogens is 1. The molecule has 2 N–H and O–H groups in total. The van der Waals surface area contributed by atoms with Crippen LogP contribution in [0.3, 0.4) is 0 Å². The summed E-state index contributed by atoms with van der Waals surface area (Å²) in [6, 6.07) is 3.41. The number of allylic oxidation sites excluding steroid dienone is 2. The van der Waals surface area contributed by atoms with Gasteiger partial charge >= 0.3 is 7.12 Å². The fourth-order valence-electron chi connectivity index (χ4n) is 2.91. The van der Waals surface area contributed by atoms with Gasteiger partial charge in [0.1, 0.15) is 5.82 Å². The maximum Gasteiger partial charge on any atom is 0.495 e. The van der Waals surface area contributed by atoms with Gasteiger partial charge in [-0.3, -0.25) is 0 Å². The van der Waals surface area contributed by atoms with E-state index in [1.807, 2.05) is 27.7 Å². The molecule has 2 rings (SSSR count). The van der Waals surface area contributed by atoms with Gasteiger partial charge in [0.25, 0.3) is 0 Å². The molecular weight excluding hydrogens is 348 g/mol. The van der Waals surface area contributed by atoms with Crippen molar-refractivity contribution in [3.8, 4) is 0 Å². The Morgan fingerprint density at radius 2 is 1.89 bits per heavy atom. The molecule has 1 aromatic rings. The first-order valence-electron chi connectivity index (χ1n) is 8.95. The standard InChI is InChI=1S/C19H27BFN3O3/c1-12-16(20-26-18(3,4)19(5,6)27-20)8-7-14(17(12)21)15(11-22)13(2)23-9-10-24-25/h7-8,11,22-23H,9-10H2,1-6H3/b15-13+,22-11?. The lowest BCUT2D eigenvalue weighted by molar-refractivity contribution is 0.00578. The summed E-state index contributed by atoms with van der Waals surface area (Å²) < 4.78 is 27.2. The quantitative estimate of drug-likeness (QED) is 0.332. The van der Waals surface area contributed by atoms with Crippen molar-refractivity contribution in [1.29, 1.82) is 5.41 Å². The molecular formula is C19H27BFN3O3. The maximum absolute atomic E-state index is 15.1. The second-order valence-electron chi connectivity index (χ2n) is 7.69. The van der Waals surface area contributed by atoms with Crippen LogP contribution >= 0.6 is 0 Å². The molecule has 6 nitrogen and oxygen atoms in total. The molecule has 0 spiro atoms. The molecule has 0 bridgehead atoms. The van der Waals surface area contributed by atoms with E-state index in [1.54, 1.807) is 26.0 Å². The predicted octanol–water partition coefficient (Wildman–Crippen LogP) is 3.17. The van der Waals surface area contributed by atoms with Crippen molar-refractivity contribution in [1.82, 2.24) is 5.32 Å². The average molecular weight is 375 g/mol. The van der Waals surface area contributed by atoms with Gasteiger partial charge in [-0.05, 0) is 52.6 Å². The fraction of sp³-hybridized carbons (Fsp3) is 0.526. The number of benzene rings is 1. The Hall–Kier alpha value is -2.06. The van der Waals surface area contributed by atoms with Crippen molar-refractivity contribution in [2.45, 2.75) is 52.7 Å². The maximum atomic E-state index is 15.1. The molecule has 0 unspecified atom stereocenters. The number of nitrogens with zero attached hydrogens (tertiary/aromatic N) is 1. The molecule has 0 amide bonds. The second-order valence-corrected chi connectivity index (χ2v) is 7.69. The fourth-order valence-corrected chi connectivity index (χ4v) is 2.91. The highest BCUT2D eigenvalue weighted by Crippen LogP contribution is 2.37. The monoisotopic (exact) mass is 375 g/mol. The Kier molecular flexibility index (Phi) is 6.22. The van der Waals surface area contributed by atoms with Gasteiger partial charge in [0.2, 0.25) is 0 Å². The number of hydrogen-bond acceptors (Lipinski definition) is 6. The molecule has 0 atom stereocenters. The summed E-state index contributed by atoms with van der Waals surface area (Å²) in [7, 11) is -0.649. The van der Waals surface area contributed by atoms with E-state index in [-0.39, 0.29) is 6.54 Å². The van der Waals surface area contributed by atoms with Crippen LogP contribution in [0.5, 0.6) is 0 Å². The minimum absolute atomic E-state index is 0.102. The molecule has 1 heterocycles. The Bertz CT molecular complexity index is 762. The highest BCUT2D eigenvalue weighted by atomic mass is 19.1. The molecule has 146 valence electrons. The summed E-state index contributed by atoms with van der Waals surface area (Å²) in [6.07, 6.45) is 1.10. The second kappa shape index (κ2) is 7.90. The zero-order valence-electron chi connectivity index (χ0n) is 16.8. The van der Waals surface area contributed by atoms with Gasteiger partial charge in [0.05, 0.1) is 17.7 Å². The van der Waals surface area contributed by atoms with Crippen LogP contribution in [0.1, 0.15) is 45.7 Å². The van der Waals surface area contributed by atoms with Gasteiger partial charge < -0.3 is 20.0 Å². The summed E-state index contributed by atoms with van der Waals surface area (Å²) in [5, 5.41) is 13.4. The third kappa shape index (κ3) is 4.11. The van der Waals surface area contributed by atoms with E-state index in [0.717, 1.165) is 6.21 Å². The molecule has 1 aromatic carbocycles. The molecule has 0 saturated carbocycles. The van der Waals surface area contributed by atoms with E-state index in [2.05, 4.69) is 10.5 Å². The lowest BCUT2D eigenvalue weighted by Gasteiger charge is -2.32. The van der Waals surface area contributed by atoms with Crippen LogP contribution in [-0.4, -0.2) is 37.6 Å². The number of nitrogens with one attached hydrogen (secondary N) is 2. The number of rotatable bonds is 7. The van der Waals surface area contributed by atoms with Gasteiger partial charge in [-0.1, -0.05) is 17.3 Å². The van der Waals surface area contributed by atoms with Gasteiger partial charge in [-0.15, -0.1) is 0 Å². The Labute approximate surface area is 160 Å². The molecule has 1 saturated heterocycles. The van der Waals surface area contributed by atoms with E-state index in [1.165, 1.54) is 0 Å². The molecule has 0 aliphatic carbocycles. The van der Waals surface area contributed by atoms with Gasteiger partial charge in [-0.2, -0.15) is 4.91 Å². The summed E-state index contributed by atoms with van der Waals surface area (Å²) >= 11 is 0. The minimum atomic E-state index is -0.649. The average Bonchev–Trinajstić information content (AvgIpc) is 2.80. The largest absolute Gasteiger partial charge is 0.495 e. The van der Waals surface area contributed by atoms with Crippen molar-refractivity contribution in [2.75, 3.05) is 13.1 Å². The summed E-state index contributed by atoms with van der Waals surface area (Å²) in [6.45, 7) is 11.7. The van der Waals surface area contributed by atoms with E-state index < -0.39 is 24.1 Å². The highest BCUT2D eigenvalue weighted by molar-refractivity contribution is 6.62. The lowest BCUT2D eigenvalue weighted by atomic mass is 9.75. The van der Waals surface area contributed by atoms with Gasteiger partial charge in [0.15, 0.2) is 0 Å². The first-order valence-corrected chi connectivity index (χ1v) is 8.95. The van der Waals surface area contributed by atoms with E-state index >= 15 is 4.39 Å². The molecule has 0 radical (unpaired) electrons. The zero-order chi connectivity index (χ0) is 20.4. The Morgan fingerprint density at radius 1 is 1.30 bits per heavy atom. The molecule has 1 aliphatic heterocycles. The molecule has 27 heavy (non-hydrogen) atoms. The number of nitroso groups, excluding NO2 is 1. The Morgan fingerprint density at radius 3 is 2.41 bits per heavy atom. The van der Waals surface area contributed by atoms with Crippen LogP contribution in [0.4, 0.5) is 4.39 Å². The third-order valence-corrected chi connectivity index (χ3v) is 5.37. The van der Waals surface area contributed by atoms with Crippen molar-refractivity contribution >= 4 is 24.4 Å². The van der Waals surface area contributed by atoms with Crippen LogP contribution < -0.4 is 10.8 Å². The molecule has 8 heteroatoms. The first-order chi connectivity index (χ1) is 12.6. The smallest absolute Gasteiger partial charge is 0.399 e. The topological polar surface area (TPSA) is 83.8 Å². The summed E-state index contributed by atoms with van der Waals surface area (Å²) in [5.74, 6) is -0.421. The molecule has 1 aliphatic rings. The minimum Gasteiger partial charge on any atom is -0.399 e. The highest BCUT2D eigenvalue weighted by Gasteiger charge is 2.52. The van der Waals surface area contributed by atoms with Crippen LogP contribution in [0, 0.1) is 23.1 Å². The zero-order valence-corrected chi connectivity index (χ0v) is 16.8. The molecule has 1 fully saturated rings. The molecule has 0 aromatic heterocycles. The SMILES string of the molecule is C/C(NCCN=O)=C(/C=N)c1ccc(B2OC(C)(C)C(C)(C)O2)c(C)c1F. The van der Waals surface area contributed by atoms with Crippen molar-refractivity contribution in [3.63, 3.8) is 0 Å². The van der Waals surface area contributed by atoms with Crippen LogP contribution in [0.25, 0.3) is 5.57 Å². The van der Waals surface area contributed by atoms with Crippen molar-refractivity contribution < 1.29 is 13.7 Å². The van der Waals surface area contributed by atoms with Crippen LogP contribution in [0.2, 0.25) is 0 Å². The van der Waals surface area contributed by atoms with Gasteiger partial charge in [0, 0.05) is 29.6 Å². The Balaban J connectivity index is 2.38. The first kappa shape index (κ1) is 21.2. The van der Waals surface area contributed by atoms with E-state index in [9.17, 15) is 4.91 Å². The summed E-state index contributed by atoms with van der Waals surface area (Å²) in [5.41, 5.74) is 1.38. The van der Waals surface area contributed by atoms with E-state index in [4.69, 9.17) is 14.7 Å². The number of hydrogen-bond donors (Lipinski definition) is 2.